The number of hydrogen-bond donors (Lipinski definition) is 1. The molecule has 2 fully saturated rings. The summed E-state index contributed by atoms with van der Waals surface area (Å²) in [6.07, 6.45) is 2.30. The zero-order chi connectivity index (χ0) is 29.2. The molecule has 42 heavy (non-hydrogen) atoms. The predicted octanol–water partition coefficient (Wildman–Crippen LogP) is 4.87. The van der Waals surface area contributed by atoms with Crippen molar-refractivity contribution in [3.05, 3.63) is 76.3 Å². The first-order valence-electron chi connectivity index (χ1n) is 13.7. The van der Waals surface area contributed by atoms with Crippen LogP contribution in [0.15, 0.2) is 42.5 Å². The van der Waals surface area contributed by atoms with E-state index in [0.29, 0.717) is 43.7 Å². The van der Waals surface area contributed by atoms with Gasteiger partial charge >= 0.3 is 5.97 Å². The topological polar surface area (TPSA) is 112 Å². The van der Waals surface area contributed by atoms with Crippen molar-refractivity contribution >= 4 is 28.7 Å². The molecule has 1 atom stereocenters. The number of carboxylic acids is 1. The normalized spacial score (nSPS) is 17.7. The fraction of sp³-hybridized carbons (Fsp3) is 0.379. The van der Waals surface area contributed by atoms with E-state index >= 15 is 0 Å². The van der Waals surface area contributed by atoms with Crippen LogP contribution in [0.1, 0.15) is 41.3 Å². The average Bonchev–Trinajstić information content (AvgIpc) is 3.28. The molecule has 13 heteroatoms. The van der Waals surface area contributed by atoms with Crippen molar-refractivity contribution in [1.29, 1.82) is 0 Å². The fourth-order valence-electron chi connectivity index (χ4n) is 5.04. The SMILES string of the molecule is O=C(O)c1ccc2nc(CN3CCC(Oc4ccc(F)c(COc5ccc(Cl)cc5F)n4)CC3)n(C[C@@H]3CCO3)c2n1. The summed E-state index contributed by atoms with van der Waals surface area (Å²) in [6, 6.07) is 9.87. The number of pyridine rings is 2. The van der Waals surface area contributed by atoms with E-state index in [1.165, 1.54) is 30.3 Å². The monoisotopic (exact) mass is 599 g/mol. The molecule has 2 aliphatic rings. The lowest BCUT2D eigenvalue weighted by molar-refractivity contribution is -0.0593. The lowest BCUT2D eigenvalue weighted by Gasteiger charge is -2.32. The van der Waals surface area contributed by atoms with Gasteiger partial charge in [-0.15, -0.1) is 0 Å². The molecule has 5 heterocycles. The highest BCUT2D eigenvalue weighted by molar-refractivity contribution is 6.30. The summed E-state index contributed by atoms with van der Waals surface area (Å²) in [7, 11) is 0. The molecule has 0 spiro atoms. The molecule has 0 radical (unpaired) electrons. The number of halogens is 3. The maximum Gasteiger partial charge on any atom is 0.354 e. The lowest BCUT2D eigenvalue weighted by atomic mass is 10.1. The largest absolute Gasteiger partial charge is 0.484 e. The van der Waals surface area contributed by atoms with E-state index in [0.717, 1.165) is 31.4 Å². The fourth-order valence-corrected chi connectivity index (χ4v) is 5.20. The zero-order valence-corrected chi connectivity index (χ0v) is 23.3. The van der Waals surface area contributed by atoms with Crippen molar-refractivity contribution in [2.24, 2.45) is 0 Å². The minimum absolute atomic E-state index is 0.00768. The van der Waals surface area contributed by atoms with Crippen molar-refractivity contribution in [2.45, 2.75) is 51.2 Å². The highest BCUT2D eigenvalue weighted by atomic mass is 35.5. The van der Waals surface area contributed by atoms with Gasteiger partial charge in [-0.2, -0.15) is 0 Å². The Balaban J connectivity index is 1.08. The van der Waals surface area contributed by atoms with Crippen LogP contribution in [0.3, 0.4) is 0 Å². The summed E-state index contributed by atoms with van der Waals surface area (Å²) in [5, 5.41) is 9.65. The molecule has 0 bridgehead atoms. The Hall–Kier alpha value is -3.87. The van der Waals surface area contributed by atoms with Crippen molar-refractivity contribution < 1.29 is 32.9 Å². The van der Waals surface area contributed by atoms with E-state index in [4.69, 9.17) is 30.8 Å². The second kappa shape index (κ2) is 12.2. The number of aromatic carboxylic acids is 1. The number of fused-ring (bicyclic) bond motifs is 1. The van der Waals surface area contributed by atoms with Gasteiger partial charge in [0, 0.05) is 30.8 Å². The summed E-state index contributed by atoms with van der Waals surface area (Å²) < 4.78 is 47.5. The lowest BCUT2D eigenvalue weighted by Crippen LogP contribution is -2.39. The van der Waals surface area contributed by atoms with Gasteiger partial charge in [0.2, 0.25) is 5.88 Å². The number of hydrogen-bond acceptors (Lipinski definition) is 8. The van der Waals surface area contributed by atoms with Gasteiger partial charge in [0.25, 0.3) is 0 Å². The number of carbonyl (C=O) groups is 1. The highest BCUT2D eigenvalue weighted by Gasteiger charge is 2.26. The van der Waals surface area contributed by atoms with Crippen LogP contribution in [0.4, 0.5) is 8.78 Å². The Morgan fingerprint density at radius 2 is 1.86 bits per heavy atom. The maximum atomic E-state index is 14.4. The van der Waals surface area contributed by atoms with Gasteiger partial charge in [-0.1, -0.05) is 11.6 Å². The van der Waals surface area contributed by atoms with Gasteiger partial charge in [0.15, 0.2) is 22.9 Å². The van der Waals surface area contributed by atoms with Crippen LogP contribution >= 0.6 is 11.6 Å². The van der Waals surface area contributed by atoms with Crippen molar-refractivity contribution in [2.75, 3.05) is 19.7 Å². The third kappa shape index (κ3) is 6.30. The molecule has 0 aliphatic carbocycles. The highest BCUT2D eigenvalue weighted by Crippen LogP contribution is 2.25. The van der Waals surface area contributed by atoms with Gasteiger partial charge < -0.3 is 23.9 Å². The van der Waals surface area contributed by atoms with Crippen LogP contribution < -0.4 is 9.47 Å². The summed E-state index contributed by atoms with van der Waals surface area (Å²) in [5.74, 6) is -1.28. The molecule has 1 N–H and O–H groups in total. The van der Waals surface area contributed by atoms with Crippen molar-refractivity contribution in [3.63, 3.8) is 0 Å². The van der Waals surface area contributed by atoms with Crippen LogP contribution in [0.5, 0.6) is 11.6 Å². The smallest absolute Gasteiger partial charge is 0.354 e. The Bertz CT molecular complexity index is 1610. The molecule has 0 saturated carbocycles. The van der Waals surface area contributed by atoms with E-state index in [9.17, 15) is 18.7 Å². The number of aromatic nitrogens is 4. The summed E-state index contributed by atoms with van der Waals surface area (Å²) >= 11 is 5.77. The molecule has 10 nitrogen and oxygen atoms in total. The molecule has 0 unspecified atom stereocenters. The molecule has 1 aromatic carbocycles. The number of imidazole rings is 1. The number of rotatable bonds is 10. The van der Waals surface area contributed by atoms with Crippen LogP contribution in [0.2, 0.25) is 5.02 Å². The maximum absolute atomic E-state index is 14.4. The second-order valence-corrected chi connectivity index (χ2v) is 10.7. The summed E-state index contributed by atoms with van der Waals surface area (Å²) in [4.78, 5) is 27.1. The molecular formula is C29H28ClF2N5O5. The minimum Gasteiger partial charge on any atom is -0.484 e. The molecular weight excluding hydrogens is 572 g/mol. The van der Waals surface area contributed by atoms with E-state index in [2.05, 4.69) is 14.9 Å². The number of ether oxygens (including phenoxy) is 3. The number of piperidine rings is 1. The summed E-state index contributed by atoms with van der Waals surface area (Å²) in [6.45, 7) is 3.04. The molecule has 2 aliphatic heterocycles. The second-order valence-electron chi connectivity index (χ2n) is 10.3. The van der Waals surface area contributed by atoms with Gasteiger partial charge in [0.05, 0.1) is 19.2 Å². The van der Waals surface area contributed by atoms with E-state index < -0.39 is 17.6 Å². The molecule has 0 amide bonds. The minimum atomic E-state index is -1.08. The van der Waals surface area contributed by atoms with E-state index in [-0.39, 0.29) is 46.9 Å². The number of likely N-dealkylation sites (tertiary alicyclic amines) is 1. The molecule has 3 aromatic heterocycles. The van der Waals surface area contributed by atoms with Crippen LogP contribution in [-0.4, -0.2) is 67.4 Å². The molecule has 4 aromatic rings. The number of carboxylic acid groups (broad SMARTS) is 1. The molecule has 6 rings (SSSR count). The first-order valence-corrected chi connectivity index (χ1v) is 14.0. The van der Waals surface area contributed by atoms with Crippen LogP contribution in [-0.2, 0) is 24.4 Å². The third-order valence-electron chi connectivity index (χ3n) is 7.41. The van der Waals surface area contributed by atoms with Crippen molar-refractivity contribution in [3.8, 4) is 11.6 Å². The first-order chi connectivity index (χ1) is 20.3. The van der Waals surface area contributed by atoms with Gasteiger partial charge in [-0.3, -0.25) is 4.90 Å². The van der Waals surface area contributed by atoms with Crippen LogP contribution in [0.25, 0.3) is 11.2 Å². The van der Waals surface area contributed by atoms with E-state index in [1.54, 1.807) is 6.07 Å². The van der Waals surface area contributed by atoms with Crippen LogP contribution in [0, 0.1) is 11.6 Å². The van der Waals surface area contributed by atoms with Gasteiger partial charge in [0.1, 0.15) is 35.6 Å². The number of nitrogens with zero attached hydrogens (tertiary/aromatic N) is 5. The molecule has 220 valence electrons. The zero-order valence-electron chi connectivity index (χ0n) is 22.5. The predicted molar refractivity (Wildman–Crippen MR) is 148 cm³/mol. The van der Waals surface area contributed by atoms with E-state index in [1.807, 2.05) is 4.57 Å². The summed E-state index contributed by atoms with van der Waals surface area (Å²) in [5.41, 5.74) is 1.17. The Morgan fingerprint density at radius 1 is 1.05 bits per heavy atom. The molecule has 2 saturated heterocycles. The average molecular weight is 600 g/mol. The van der Waals surface area contributed by atoms with Gasteiger partial charge in [-0.05, 0) is 55.7 Å². The van der Waals surface area contributed by atoms with Crippen molar-refractivity contribution in [1.82, 2.24) is 24.4 Å². The standard InChI is InChI=1S/C29H28ClF2N5O5/c30-17-1-5-25(21(32)13-17)41-16-24-20(31)2-6-27(34-24)42-18-7-10-36(11-8-18)15-26-33-22-3-4-23(29(38)39)35-28(22)37(26)14-19-9-12-40-19/h1-6,13,18-19H,7-12,14-16H2,(H,38,39)/t19-/m0/s1. The quantitative estimate of drug-likeness (QED) is 0.273. The number of benzene rings is 1. The Kier molecular flexibility index (Phi) is 8.18. The van der Waals surface area contributed by atoms with Gasteiger partial charge in [-0.25, -0.2) is 28.5 Å². The Labute approximate surface area is 244 Å². The first kappa shape index (κ1) is 28.3. The third-order valence-corrected chi connectivity index (χ3v) is 7.64. The Morgan fingerprint density at radius 3 is 2.57 bits per heavy atom.